The number of hydrogen-bond donors (Lipinski definition) is 1. The van der Waals surface area contributed by atoms with E-state index in [0.29, 0.717) is 12.2 Å². The van der Waals surface area contributed by atoms with E-state index in [1.165, 1.54) is 6.07 Å². The molecule has 0 aliphatic carbocycles. The van der Waals surface area contributed by atoms with Gasteiger partial charge in [0, 0.05) is 32.1 Å². The molecular weight excluding hydrogens is 236 g/mol. The summed E-state index contributed by atoms with van der Waals surface area (Å²) in [4.78, 5) is 5.66. The SMILES string of the molecule is CN(Cc1cccnc1)c1cc(F)cc(F)c1N. The molecule has 94 valence electrons. The minimum absolute atomic E-state index is 0.0530. The lowest BCUT2D eigenvalue weighted by molar-refractivity contribution is 0.585. The van der Waals surface area contributed by atoms with Gasteiger partial charge in [0.2, 0.25) is 0 Å². The molecule has 0 aliphatic rings. The highest BCUT2D eigenvalue weighted by Gasteiger charge is 2.12. The molecule has 1 aromatic carbocycles. The molecule has 2 rings (SSSR count). The van der Waals surface area contributed by atoms with Gasteiger partial charge in [0.1, 0.15) is 5.82 Å². The molecule has 0 radical (unpaired) electrons. The lowest BCUT2D eigenvalue weighted by Crippen LogP contribution is -2.18. The predicted octanol–water partition coefficient (Wildman–Crippen LogP) is 2.58. The average molecular weight is 249 g/mol. The maximum absolute atomic E-state index is 13.3. The maximum atomic E-state index is 13.3. The standard InChI is InChI=1S/C13H13F2N3/c1-18(8-9-3-2-4-17-7-9)12-6-10(14)5-11(15)13(12)16/h2-7H,8,16H2,1H3. The molecule has 0 bridgehead atoms. The Bertz CT molecular complexity index is 543. The van der Waals surface area contributed by atoms with E-state index in [9.17, 15) is 8.78 Å². The van der Waals surface area contributed by atoms with E-state index in [0.717, 1.165) is 11.6 Å². The Hall–Kier alpha value is -2.17. The van der Waals surface area contributed by atoms with Gasteiger partial charge in [-0.15, -0.1) is 0 Å². The quantitative estimate of drug-likeness (QED) is 0.850. The van der Waals surface area contributed by atoms with Crippen molar-refractivity contribution in [3.63, 3.8) is 0 Å². The third-order valence-corrected chi connectivity index (χ3v) is 2.63. The molecule has 0 amide bonds. The number of nitrogen functional groups attached to an aromatic ring is 1. The lowest BCUT2D eigenvalue weighted by Gasteiger charge is -2.21. The molecule has 3 nitrogen and oxygen atoms in total. The predicted molar refractivity (Wildman–Crippen MR) is 67.1 cm³/mol. The zero-order chi connectivity index (χ0) is 13.1. The molecule has 1 aromatic heterocycles. The van der Waals surface area contributed by atoms with Crippen LogP contribution in [0.25, 0.3) is 0 Å². The fraction of sp³-hybridized carbons (Fsp3) is 0.154. The normalized spacial score (nSPS) is 10.4. The molecule has 0 saturated heterocycles. The Labute approximate surface area is 104 Å². The summed E-state index contributed by atoms with van der Waals surface area (Å²) in [5.41, 5.74) is 6.82. The van der Waals surface area contributed by atoms with Crippen molar-refractivity contribution in [3.05, 3.63) is 53.9 Å². The van der Waals surface area contributed by atoms with Crippen LogP contribution < -0.4 is 10.6 Å². The van der Waals surface area contributed by atoms with Crippen LogP contribution in [-0.4, -0.2) is 12.0 Å². The summed E-state index contributed by atoms with van der Waals surface area (Å²) in [5, 5.41) is 0. The molecule has 0 atom stereocenters. The molecular formula is C13H13F2N3. The number of benzene rings is 1. The lowest BCUT2D eigenvalue weighted by atomic mass is 10.2. The van der Waals surface area contributed by atoms with Gasteiger partial charge >= 0.3 is 0 Å². The van der Waals surface area contributed by atoms with Gasteiger partial charge < -0.3 is 10.6 Å². The first-order valence-corrected chi connectivity index (χ1v) is 5.42. The van der Waals surface area contributed by atoms with Crippen LogP contribution in [0.4, 0.5) is 20.2 Å². The van der Waals surface area contributed by atoms with Gasteiger partial charge in [-0.1, -0.05) is 6.07 Å². The van der Waals surface area contributed by atoms with E-state index in [2.05, 4.69) is 4.98 Å². The van der Waals surface area contributed by atoms with Crippen LogP contribution in [0, 0.1) is 11.6 Å². The molecule has 0 fully saturated rings. The van der Waals surface area contributed by atoms with Gasteiger partial charge in [-0.05, 0) is 17.7 Å². The van der Waals surface area contributed by atoms with Crippen molar-refractivity contribution in [3.8, 4) is 0 Å². The second-order valence-electron chi connectivity index (χ2n) is 4.04. The third kappa shape index (κ3) is 2.56. The zero-order valence-corrected chi connectivity index (χ0v) is 9.90. The molecule has 0 saturated carbocycles. The van der Waals surface area contributed by atoms with E-state index in [4.69, 9.17) is 5.73 Å². The van der Waals surface area contributed by atoms with Crippen molar-refractivity contribution in [2.75, 3.05) is 17.7 Å². The highest BCUT2D eigenvalue weighted by molar-refractivity contribution is 5.68. The average Bonchev–Trinajstić information content (AvgIpc) is 2.35. The van der Waals surface area contributed by atoms with E-state index < -0.39 is 11.6 Å². The molecule has 0 spiro atoms. The number of halogens is 2. The molecule has 18 heavy (non-hydrogen) atoms. The summed E-state index contributed by atoms with van der Waals surface area (Å²) in [5.74, 6) is -1.39. The van der Waals surface area contributed by atoms with Crippen molar-refractivity contribution >= 4 is 11.4 Å². The first-order chi connectivity index (χ1) is 8.58. The number of nitrogens with zero attached hydrogens (tertiary/aromatic N) is 2. The van der Waals surface area contributed by atoms with Gasteiger partial charge in [-0.2, -0.15) is 0 Å². The van der Waals surface area contributed by atoms with E-state index in [1.54, 1.807) is 30.4 Å². The zero-order valence-electron chi connectivity index (χ0n) is 9.90. The topological polar surface area (TPSA) is 42.2 Å². The van der Waals surface area contributed by atoms with Crippen LogP contribution in [0.15, 0.2) is 36.7 Å². The van der Waals surface area contributed by atoms with E-state index >= 15 is 0 Å². The summed E-state index contributed by atoms with van der Waals surface area (Å²) in [6, 6.07) is 5.68. The van der Waals surface area contributed by atoms with Gasteiger partial charge in [-0.3, -0.25) is 4.98 Å². The minimum atomic E-state index is -0.747. The van der Waals surface area contributed by atoms with Crippen LogP contribution >= 0.6 is 0 Å². The number of hydrogen-bond acceptors (Lipinski definition) is 3. The summed E-state index contributed by atoms with van der Waals surface area (Å²) in [6.45, 7) is 0.473. The third-order valence-electron chi connectivity index (χ3n) is 2.63. The first kappa shape index (κ1) is 12.3. The summed E-state index contributed by atoms with van der Waals surface area (Å²) in [6.07, 6.45) is 3.36. The molecule has 0 unspecified atom stereocenters. The van der Waals surface area contributed by atoms with Crippen molar-refractivity contribution in [1.29, 1.82) is 0 Å². The van der Waals surface area contributed by atoms with Crippen molar-refractivity contribution in [1.82, 2.24) is 4.98 Å². The molecule has 0 aliphatic heterocycles. The monoisotopic (exact) mass is 249 g/mol. The molecule has 5 heteroatoms. The van der Waals surface area contributed by atoms with Crippen molar-refractivity contribution < 1.29 is 8.78 Å². The van der Waals surface area contributed by atoms with Crippen molar-refractivity contribution in [2.24, 2.45) is 0 Å². The number of nitrogens with two attached hydrogens (primary N) is 1. The fourth-order valence-corrected chi connectivity index (χ4v) is 1.74. The Balaban J connectivity index is 2.26. The second-order valence-corrected chi connectivity index (χ2v) is 4.04. The fourth-order valence-electron chi connectivity index (χ4n) is 1.74. The number of pyridine rings is 1. The van der Waals surface area contributed by atoms with Gasteiger partial charge in [0.05, 0.1) is 11.4 Å². The van der Waals surface area contributed by atoms with Gasteiger partial charge in [0.15, 0.2) is 5.82 Å². The van der Waals surface area contributed by atoms with Crippen molar-refractivity contribution in [2.45, 2.75) is 6.54 Å². The molecule has 1 heterocycles. The second kappa shape index (κ2) is 5.00. The van der Waals surface area contributed by atoms with Gasteiger partial charge in [-0.25, -0.2) is 8.78 Å². The Morgan fingerprint density at radius 2 is 2.11 bits per heavy atom. The largest absolute Gasteiger partial charge is 0.395 e. The van der Waals surface area contributed by atoms with Crippen LogP contribution in [-0.2, 0) is 6.54 Å². The van der Waals surface area contributed by atoms with E-state index in [1.807, 2.05) is 6.07 Å². The summed E-state index contributed by atoms with van der Waals surface area (Å²) < 4.78 is 26.5. The Morgan fingerprint density at radius 3 is 2.78 bits per heavy atom. The minimum Gasteiger partial charge on any atom is -0.395 e. The van der Waals surface area contributed by atoms with Gasteiger partial charge in [0.25, 0.3) is 0 Å². The van der Waals surface area contributed by atoms with Crippen LogP contribution in [0.3, 0.4) is 0 Å². The van der Waals surface area contributed by atoms with Crippen LogP contribution in [0.5, 0.6) is 0 Å². The summed E-state index contributed by atoms with van der Waals surface area (Å²) >= 11 is 0. The first-order valence-electron chi connectivity index (χ1n) is 5.42. The van der Waals surface area contributed by atoms with Crippen LogP contribution in [0.1, 0.15) is 5.56 Å². The molecule has 2 N–H and O–H groups in total. The van der Waals surface area contributed by atoms with Crippen LogP contribution in [0.2, 0.25) is 0 Å². The molecule has 2 aromatic rings. The Kier molecular flexibility index (Phi) is 3.41. The number of anilines is 2. The maximum Gasteiger partial charge on any atom is 0.151 e. The van der Waals surface area contributed by atoms with E-state index in [-0.39, 0.29) is 5.69 Å². The number of rotatable bonds is 3. The summed E-state index contributed by atoms with van der Waals surface area (Å²) in [7, 11) is 1.72. The smallest absolute Gasteiger partial charge is 0.151 e. The number of aromatic nitrogens is 1. The highest BCUT2D eigenvalue weighted by atomic mass is 19.1. The Morgan fingerprint density at radius 1 is 1.33 bits per heavy atom. The highest BCUT2D eigenvalue weighted by Crippen LogP contribution is 2.27.